The van der Waals surface area contributed by atoms with Gasteiger partial charge in [-0.25, -0.2) is 13.9 Å². The maximum Gasteiger partial charge on any atom is 0.344 e. The van der Waals surface area contributed by atoms with E-state index in [0.717, 1.165) is 33.1 Å². The highest BCUT2D eigenvalue weighted by atomic mass is 79.9. The zero-order valence-electron chi connectivity index (χ0n) is 23.1. The Hall–Kier alpha value is -5.07. The number of benzene rings is 5. The molecule has 7 rings (SSSR count). The highest BCUT2D eigenvalue weighted by molar-refractivity contribution is 5.95. The lowest BCUT2D eigenvalue weighted by molar-refractivity contribution is -0.658. The van der Waals surface area contributed by atoms with E-state index in [-0.39, 0.29) is 34.9 Å². The first-order chi connectivity index (χ1) is 20.7. The summed E-state index contributed by atoms with van der Waals surface area (Å²) in [6.45, 7) is 0.159. The van der Waals surface area contributed by atoms with E-state index in [1.54, 1.807) is 6.07 Å². The first-order valence-electron chi connectivity index (χ1n) is 13.9. The van der Waals surface area contributed by atoms with Crippen LogP contribution in [0.2, 0.25) is 0 Å². The maximum absolute atomic E-state index is 13.5. The number of fused-ring (bicyclic) bond motifs is 2. The third-order valence-corrected chi connectivity index (χ3v) is 7.72. The molecule has 1 unspecified atom stereocenters. The number of rotatable bonds is 7. The molecule has 5 nitrogen and oxygen atoms in total. The van der Waals surface area contributed by atoms with Crippen LogP contribution in [0.1, 0.15) is 27.5 Å². The molecule has 0 aliphatic carbocycles. The normalized spacial score (nSPS) is 11.7. The molecule has 0 saturated carbocycles. The molecule has 43 heavy (non-hydrogen) atoms. The Balaban J connectivity index is 0.00000329. The van der Waals surface area contributed by atoms with Gasteiger partial charge in [-0.05, 0) is 35.4 Å². The summed E-state index contributed by atoms with van der Waals surface area (Å²) in [6.07, 6.45) is 1.94. The Kier molecular flexibility index (Phi) is 7.86. The first kappa shape index (κ1) is 28.1. The van der Waals surface area contributed by atoms with Crippen molar-refractivity contribution < 1.29 is 30.8 Å². The average molecular weight is 628 g/mol. The van der Waals surface area contributed by atoms with Crippen LogP contribution >= 0.6 is 0 Å². The van der Waals surface area contributed by atoms with Crippen molar-refractivity contribution in [1.29, 1.82) is 0 Å². The maximum atomic E-state index is 13.5. The number of carbonyl (C=O) groups is 1. The van der Waals surface area contributed by atoms with Gasteiger partial charge in [0.2, 0.25) is 12.1 Å². The van der Waals surface area contributed by atoms with Gasteiger partial charge in [0.1, 0.15) is 5.58 Å². The Bertz CT molecular complexity index is 2100. The number of Topliss-reactive ketones (excluding diaryl/α,β-unsaturated/α-hetero) is 1. The minimum Gasteiger partial charge on any atom is -1.00 e. The van der Waals surface area contributed by atoms with Crippen LogP contribution in [0.25, 0.3) is 33.1 Å². The number of ketones is 1. The quantitative estimate of drug-likeness (QED) is 0.151. The second kappa shape index (κ2) is 12.0. The van der Waals surface area contributed by atoms with Crippen molar-refractivity contribution in [3.8, 4) is 11.1 Å². The summed E-state index contributed by atoms with van der Waals surface area (Å²) >= 11 is 0. The van der Waals surface area contributed by atoms with Gasteiger partial charge in [-0.2, -0.15) is 0 Å². The van der Waals surface area contributed by atoms with Crippen molar-refractivity contribution in [3.05, 3.63) is 173 Å². The lowest BCUT2D eigenvalue weighted by Gasteiger charge is -2.15. The number of aromatic nitrogens is 2. The number of carbonyl (C=O) groups excluding carboxylic acids is 1. The highest BCUT2D eigenvalue weighted by Crippen LogP contribution is 2.30. The molecule has 0 bridgehead atoms. The molecule has 7 aromatic rings. The predicted molar refractivity (Wildman–Crippen MR) is 165 cm³/mol. The van der Waals surface area contributed by atoms with Crippen molar-refractivity contribution >= 4 is 27.8 Å². The van der Waals surface area contributed by atoms with Gasteiger partial charge in [0.05, 0.1) is 5.56 Å². The van der Waals surface area contributed by atoms with Gasteiger partial charge in [0.25, 0.3) is 0 Å². The van der Waals surface area contributed by atoms with Crippen LogP contribution in [0.15, 0.2) is 155 Å². The third-order valence-electron chi connectivity index (χ3n) is 7.72. The molecule has 5 aromatic carbocycles. The summed E-state index contributed by atoms with van der Waals surface area (Å²) in [5.74, 6) is 0.00370. The van der Waals surface area contributed by atoms with Crippen molar-refractivity contribution in [1.82, 2.24) is 4.57 Å². The van der Waals surface area contributed by atoms with Crippen molar-refractivity contribution in [2.24, 2.45) is 0 Å². The molecule has 6 heteroatoms. The van der Waals surface area contributed by atoms with E-state index in [4.69, 9.17) is 4.42 Å². The van der Waals surface area contributed by atoms with Gasteiger partial charge in [-0.15, -0.1) is 0 Å². The molecule has 0 aliphatic rings. The Morgan fingerprint density at radius 2 is 1.35 bits per heavy atom. The molecule has 0 saturated heterocycles. The molecule has 0 N–H and O–H groups in total. The van der Waals surface area contributed by atoms with Crippen molar-refractivity contribution in [2.45, 2.75) is 12.6 Å². The van der Waals surface area contributed by atoms with E-state index in [9.17, 15) is 9.59 Å². The van der Waals surface area contributed by atoms with Crippen molar-refractivity contribution in [2.75, 3.05) is 0 Å². The zero-order chi connectivity index (χ0) is 28.5. The van der Waals surface area contributed by atoms with E-state index in [1.807, 2.05) is 132 Å². The van der Waals surface area contributed by atoms with Crippen LogP contribution in [0.3, 0.4) is 0 Å². The van der Waals surface area contributed by atoms with E-state index in [1.165, 1.54) is 0 Å². The highest BCUT2D eigenvalue weighted by Gasteiger charge is 2.30. The van der Waals surface area contributed by atoms with Crippen LogP contribution in [0.5, 0.6) is 0 Å². The van der Waals surface area contributed by atoms with Gasteiger partial charge in [0.15, 0.2) is 23.6 Å². The van der Waals surface area contributed by atoms with Gasteiger partial charge in [-0.3, -0.25) is 4.79 Å². The van der Waals surface area contributed by atoms with Crippen LogP contribution in [-0.4, -0.2) is 10.4 Å². The number of hydrogen-bond acceptors (Lipinski definition) is 3. The largest absolute Gasteiger partial charge is 1.00 e. The molecular weight excluding hydrogens is 600 g/mol. The predicted octanol–water partition coefficient (Wildman–Crippen LogP) is 4.23. The number of para-hydroxylation sites is 3. The average Bonchev–Trinajstić information content (AvgIpc) is 3.40. The van der Waals surface area contributed by atoms with Gasteiger partial charge >= 0.3 is 5.63 Å². The fourth-order valence-electron chi connectivity index (χ4n) is 5.65. The summed E-state index contributed by atoms with van der Waals surface area (Å²) in [5, 5.41) is 0.853. The first-order valence-corrected chi connectivity index (χ1v) is 13.9. The van der Waals surface area contributed by atoms with Crippen LogP contribution < -0.4 is 27.2 Å². The SMILES string of the molecule is O=C(C[n+]1cn(C(c2ccccc2)c2cc3ccccc3oc2=O)c2ccccc21)c1ccc(-c2ccccc2)cc1.[Br-]. The monoisotopic (exact) mass is 626 g/mol. The van der Waals surface area contributed by atoms with E-state index in [2.05, 4.69) is 16.7 Å². The topological polar surface area (TPSA) is 56.1 Å². The summed E-state index contributed by atoms with van der Waals surface area (Å²) in [4.78, 5) is 26.9. The third kappa shape index (κ3) is 5.45. The van der Waals surface area contributed by atoms with Gasteiger partial charge in [0, 0.05) is 16.5 Å². The summed E-state index contributed by atoms with van der Waals surface area (Å²) in [6, 6.07) is 44.7. The number of nitrogens with zero attached hydrogens (tertiary/aromatic N) is 2. The second-order valence-corrected chi connectivity index (χ2v) is 10.3. The number of halogens is 1. The Morgan fingerprint density at radius 1 is 0.721 bits per heavy atom. The van der Waals surface area contributed by atoms with E-state index in [0.29, 0.717) is 16.7 Å². The lowest BCUT2D eigenvalue weighted by Crippen LogP contribution is -3.00. The fraction of sp³-hybridized carbons (Fsp3) is 0.0541. The lowest BCUT2D eigenvalue weighted by atomic mass is 9.98. The van der Waals surface area contributed by atoms with E-state index >= 15 is 0 Å². The molecule has 210 valence electrons. The minimum absolute atomic E-state index is 0. The summed E-state index contributed by atoms with van der Waals surface area (Å²) < 4.78 is 9.80. The molecular formula is C37H27BrN2O3. The molecule has 0 amide bonds. The standard InChI is InChI=1S/C37H27N2O3.BrH/c40-34(28-21-19-27(20-22-28)26-11-3-1-4-12-26)24-38-25-39(33-17-9-8-16-32(33)38)36(29-13-5-2-6-14-29)31-23-30-15-7-10-18-35(30)42-37(31)41;/h1-23,25,36H,24H2;1H/q+1;/p-1. The van der Waals surface area contributed by atoms with Crippen LogP contribution in [-0.2, 0) is 6.54 Å². The Morgan fingerprint density at radius 3 is 2.12 bits per heavy atom. The second-order valence-electron chi connectivity index (χ2n) is 10.3. The molecule has 0 spiro atoms. The summed E-state index contributed by atoms with van der Waals surface area (Å²) in [5.41, 5.74) is 6.26. The van der Waals surface area contributed by atoms with Crippen LogP contribution in [0, 0.1) is 0 Å². The van der Waals surface area contributed by atoms with Crippen LogP contribution in [0.4, 0.5) is 0 Å². The van der Waals surface area contributed by atoms with Gasteiger partial charge in [-0.1, -0.05) is 115 Å². The Labute approximate surface area is 259 Å². The summed E-state index contributed by atoms with van der Waals surface area (Å²) in [7, 11) is 0. The molecule has 2 heterocycles. The number of hydrogen-bond donors (Lipinski definition) is 0. The molecule has 0 fully saturated rings. The zero-order valence-corrected chi connectivity index (χ0v) is 24.7. The van der Waals surface area contributed by atoms with E-state index < -0.39 is 6.04 Å². The van der Waals surface area contributed by atoms with Crippen molar-refractivity contribution in [3.63, 3.8) is 0 Å². The molecule has 1 atom stereocenters. The molecule has 0 aliphatic heterocycles. The minimum atomic E-state index is -0.460. The molecule has 0 radical (unpaired) electrons. The van der Waals surface area contributed by atoms with Gasteiger partial charge < -0.3 is 21.4 Å². The molecule has 2 aromatic heterocycles. The number of imidazole rings is 1. The smallest absolute Gasteiger partial charge is 0.344 e. The fourth-order valence-corrected chi connectivity index (χ4v) is 5.65.